The number of imidazole rings is 1. The molecule has 0 saturated heterocycles. The third-order valence-electron chi connectivity index (χ3n) is 4.09. The number of hydrogen-bond acceptors (Lipinski definition) is 1. The van der Waals surface area contributed by atoms with E-state index in [-0.39, 0.29) is 0 Å². The van der Waals surface area contributed by atoms with Crippen molar-refractivity contribution in [2.24, 2.45) is 0 Å². The van der Waals surface area contributed by atoms with Crippen molar-refractivity contribution < 1.29 is 0 Å². The average molecular weight is 310 g/mol. The molecule has 4 rings (SSSR count). The maximum Gasteiger partial charge on any atom is 0.145 e. The number of rotatable bonds is 3. The van der Waals surface area contributed by atoms with Gasteiger partial charge in [0, 0.05) is 23.0 Å². The first-order chi connectivity index (χ1) is 11.8. The summed E-state index contributed by atoms with van der Waals surface area (Å²) in [5, 5.41) is 0. The van der Waals surface area contributed by atoms with Gasteiger partial charge < -0.3 is 0 Å². The third kappa shape index (κ3) is 2.74. The molecule has 1 heterocycles. The molecular weight excluding hydrogens is 292 g/mol. The van der Waals surface area contributed by atoms with Gasteiger partial charge in [-0.15, -0.1) is 0 Å². The van der Waals surface area contributed by atoms with Crippen LogP contribution in [0.4, 0.5) is 0 Å². The smallest absolute Gasteiger partial charge is 0.145 e. The Bertz CT molecular complexity index is 897. The van der Waals surface area contributed by atoms with Crippen molar-refractivity contribution in [1.82, 2.24) is 9.55 Å². The molecule has 0 fully saturated rings. The predicted octanol–water partition coefficient (Wildman–Crippen LogP) is 5.51. The standard InChI is InChI=1S/C22H18N2/c1-17-9-8-12-19(15-17)21-16-24(20-13-6-3-7-14-20)22(23-21)18-10-4-2-5-11-18/h2-16H,1H3. The van der Waals surface area contributed by atoms with Crippen molar-refractivity contribution in [3.05, 3.63) is 96.7 Å². The molecule has 0 aliphatic heterocycles. The zero-order chi connectivity index (χ0) is 16.4. The summed E-state index contributed by atoms with van der Waals surface area (Å²) in [6, 6.07) is 29.1. The minimum atomic E-state index is 0.957. The lowest BCUT2D eigenvalue weighted by Crippen LogP contribution is -1.95. The molecule has 0 bridgehead atoms. The maximum absolute atomic E-state index is 4.93. The van der Waals surface area contributed by atoms with Gasteiger partial charge in [-0.25, -0.2) is 4.98 Å². The van der Waals surface area contributed by atoms with Gasteiger partial charge in [0.05, 0.1) is 5.69 Å². The van der Waals surface area contributed by atoms with Crippen molar-refractivity contribution in [3.63, 3.8) is 0 Å². The molecule has 2 heteroatoms. The summed E-state index contributed by atoms with van der Waals surface area (Å²) in [5.74, 6) is 0.957. The van der Waals surface area contributed by atoms with Crippen LogP contribution in [0.2, 0.25) is 0 Å². The van der Waals surface area contributed by atoms with Crippen LogP contribution in [0.1, 0.15) is 5.56 Å². The van der Waals surface area contributed by atoms with Crippen LogP contribution in [-0.4, -0.2) is 9.55 Å². The summed E-state index contributed by atoms with van der Waals surface area (Å²) in [5.41, 5.74) is 5.59. The molecule has 0 radical (unpaired) electrons. The van der Waals surface area contributed by atoms with Crippen molar-refractivity contribution in [2.75, 3.05) is 0 Å². The maximum atomic E-state index is 4.93. The Morgan fingerprint density at radius 3 is 2.08 bits per heavy atom. The molecule has 0 N–H and O–H groups in total. The summed E-state index contributed by atoms with van der Waals surface area (Å²) < 4.78 is 2.16. The minimum absolute atomic E-state index is 0.957. The predicted molar refractivity (Wildman–Crippen MR) is 99.2 cm³/mol. The Kier molecular flexibility index (Phi) is 3.72. The number of nitrogens with zero attached hydrogens (tertiary/aromatic N) is 2. The summed E-state index contributed by atoms with van der Waals surface area (Å²) >= 11 is 0. The average Bonchev–Trinajstić information content (AvgIpc) is 3.09. The van der Waals surface area contributed by atoms with Gasteiger partial charge in [0.15, 0.2) is 0 Å². The van der Waals surface area contributed by atoms with E-state index >= 15 is 0 Å². The van der Waals surface area contributed by atoms with Gasteiger partial charge in [-0.3, -0.25) is 4.57 Å². The molecule has 1 aromatic heterocycles. The summed E-state index contributed by atoms with van der Waals surface area (Å²) in [6.45, 7) is 2.11. The Hall–Kier alpha value is -3.13. The summed E-state index contributed by atoms with van der Waals surface area (Å²) in [6.07, 6.45) is 2.12. The van der Waals surface area contributed by atoms with Crippen LogP contribution in [0.25, 0.3) is 28.3 Å². The molecule has 0 amide bonds. The quantitative estimate of drug-likeness (QED) is 0.487. The van der Waals surface area contributed by atoms with Crippen molar-refractivity contribution >= 4 is 0 Å². The monoisotopic (exact) mass is 310 g/mol. The van der Waals surface area contributed by atoms with Gasteiger partial charge in [0.1, 0.15) is 5.82 Å². The van der Waals surface area contributed by atoms with Gasteiger partial charge in [-0.05, 0) is 25.1 Å². The molecule has 116 valence electrons. The number of benzene rings is 3. The number of aromatic nitrogens is 2. The van der Waals surface area contributed by atoms with Crippen LogP contribution < -0.4 is 0 Å². The highest BCUT2D eigenvalue weighted by atomic mass is 15.1. The zero-order valence-electron chi connectivity index (χ0n) is 13.6. The molecule has 0 unspecified atom stereocenters. The van der Waals surface area contributed by atoms with Crippen LogP contribution in [0.5, 0.6) is 0 Å². The van der Waals surface area contributed by atoms with Gasteiger partial charge in [-0.2, -0.15) is 0 Å². The molecule has 0 saturated carbocycles. The first kappa shape index (κ1) is 14.5. The lowest BCUT2D eigenvalue weighted by atomic mass is 10.1. The van der Waals surface area contributed by atoms with E-state index in [2.05, 4.69) is 78.4 Å². The van der Waals surface area contributed by atoms with Crippen molar-refractivity contribution in [1.29, 1.82) is 0 Å². The SMILES string of the molecule is Cc1cccc(-c2cn(-c3ccccc3)c(-c3ccccc3)n2)c1. The van der Waals surface area contributed by atoms with E-state index in [9.17, 15) is 0 Å². The van der Waals surface area contributed by atoms with Crippen LogP contribution in [-0.2, 0) is 0 Å². The number of hydrogen-bond donors (Lipinski definition) is 0. The third-order valence-corrected chi connectivity index (χ3v) is 4.09. The Morgan fingerprint density at radius 2 is 1.38 bits per heavy atom. The van der Waals surface area contributed by atoms with Crippen molar-refractivity contribution in [3.8, 4) is 28.3 Å². The second-order valence-corrected chi connectivity index (χ2v) is 5.89. The van der Waals surface area contributed by atoms with Gasteiger partial charge in [0.2, 0.25) is 0 Å². The lowest BCUT2D eigenvalue weighted by Gasteiger charge is -2.07. The van der Waals surface area contributed by atoms with E-state index in [1.807, 2.05) is 24.3 Å². The van der Waals surface area contributed by atoms with Crippen LogP contribution in [0, 0.1) is 6.92 Å². The van der Waals surface area contributed by atoms with E-state index in [0.29, 0.717) is 0 Å². The molecular formula is C22H18N2. The second kappa shape index (κ2) is 6.17. The summed E-state index contributed by atoms with van der Waals surface area (Å²) in [4.78, 5) is 4.93. The Morgan fingerprint density at radius 1 is 0.708 bits per heavy atom. The highest BCUT2D eigenvalue weighted by Crippen LogP contribution is 2.28. The second-order valence-electron chi connectivity index (χ2n) is 5.89. The highest BCUT2D eigenvalue weighted by Gasteiger charge is 2.12. The van der Waals surface area contributed by atoms with Crippen LogP contribution >= 0.6 is 0 Å². The molecule has 0 aliphatic rings. The normalized spacial score (nSPS) is 10.7. The molecule has 4 aromatic rings. The fourth-order valence-electron chi connectivity index (χ4n) is 2.90. The molecule has 0 atom stereocenters. The summed E-state index contributed by atoms with van der Waals surface area (Å²) in [7, 11) is 0. The van der Waals surface area contributed by atoms with Crippen molar-refractivity contribution in [2.45, 2.75) is 6.92 Å². The largest absolute Gasteiger partial charge is 0.299 e. The molecule has 3 aromatic carbocycles. The molecule has 0 aliphatic carbocycles. The Labute approximate surface area is 142 Å². The fraction of sp³-hybridized carbons (Fsp3) is 0.0455. The topological polar surface area (TPSA) is 17.8 Å². The van der Waals surface area contributed by atoms with Gasteiger partial charge >= 0.3 is 0 Å². The molecule has 2 nitrogen and oxygen atoms in total. The van der Waals surface area contributed by atoms with Crippen LogP contribution in [0.15, 0.2) is 91.1 Å². The minimum Gasteiger partial charge on any atom is -0.299 e. The van der Waals surface area contributed by atoms with E-state index < -0.39 is 0 Å². The molecule has 0 spiro atoms. The van der Waals surface area contributed by atoms with Gasteiger partial charge in [0.25, 0.3) is 0 Å². The molecule has 24 heavy (non-hydrogen) atoms. The number of aryl methyl sites for hydroxylation is 1. The van der Waals surface area contributed by atoms with Crippen LogP contribution in [0.3, 0.4) is 0 Å². The fourth-order valence-corrected chi connectivity index (χ4v) is 2.90. The number of para-hydroxylation sites is 1. The zero-order valence-corrected chi connectivity index (χ0v) is 13.6. The highest BCUT2D eigenvalue weighted by molar-refractivity contribution is 5.67. The Balaban J connectivity index is 1.91. The van der Waals surface area contributed by atoms with Gasteiger partial charge in [-0.1, -0.05) is 72.3 Å². The first-order valence-electron chi connectivity index (χ1n) is 8.08. The van der Waals surface area contributed by atoms with E-state index in [1.54, 1.807) is 0 Å². The first-order valence-corrected chi connectivity index (χ1v) is 8.08. The van der Waals surface area contributed by atoms with E-state index in [1.165, 1.54) is 5.56 Å². The lowest BCUT2D eigenvalue weighted by molar-refractivity contribution is 1.07. The van der Waals surface area contributed by atoms with E-state index in [0.717, 1.165) is 28.3 Å². The van der Waals surface area contributed by atoms with E-state index in [4.69, 9.17) is 4.98 Å².